The van der Waals surface area contributed by atoms with Crippen molar-refractivity contribution in [2.75, 3.05) is 0 Å². The van der Waals surface area contributed by atoms with E-state index in [0.29, 0.717) is 0 Å². The van der Waals surface area contributed by atoms with Crippen molar-refractivity contribution < 1.29 is 0 Å². The van der Waals surface area contributed by atoms with Crippen molar-refractivity contribution in [1.29, 1.82) is 0 Å². The van der Waals surface area contributed by atoms with Gasteiger partial charge in [0.2, 0.25) is 0 Å². The molecule has 0 spiro atoms. The van der Waals surface area contributed by atoms with Gasteiger partial charge in [-0.1, -0.05) is 6.07 Å². The SMILES string of the molecule is Cc1cc2c(C)cc3c(c2cn1)CCCC3. The predicted molar refractivity (Wildman–Crippen MR) is 67.9 cm³/mol. The molecular weight excluding hydrogens is 194 g/mol. The first-order valence-corrected chi connectivity index (χ1v) is 6.13. The average Bonchev–Trinajstić information content (AvgIpc) is 2.29. The highest BCUT2D eigenvalue weighted by Gasteiger charge is 2.14. The molecule has 0 fully saturated rings. The van der Waals surface area contributed by atoms with E-state index in [1.54, 1.807) is 11.1 Å². The van der Waals surface area contributed by atoms with Crippen LogP contribution in [-0.4, -0.2) is 4.98 Å². The number of aryl methyl sites for hydroxylation is 4. The fourth-order valence-corrected chi connectivity index (χ4v) is 2.86. The molecule has 0 aliphatic heterocycles. The Morgan fingerprint density at radius 3 is 2.69 bits per heavy atom. The Morgan fingerprint density at radius 1 is 1.00 bits per heavy atom. The van der Waals surface area contributed by atoms with Crippen LogP contribution in [0, 0.1) is 13.8 Å². The van der Waals surface area contributed by atoms with Gasteiger partial charge in [0.25, 0.3) is 0 Å². The van der Waals surface area contributed by atoms with Crippen LogP contribution in [0.5, 0.6) is 0 Å². The molecule has 0 amide bonds. The maximum absolute atomic E-state index is 4.46. The number of aromatic nitrogens is 1. The molecule has 3 rings (SSSR count). The zero-order valence-electron chi connectivity index (χ0n) is 10.0. The van der Waals surface area contributed by atoms with Gasteiger partial charge in [0.1, 0.15) is 0 Å². The fourth-order valence-electron chi connectivity index (χ4n) is 2.86. The predicted octanol–water partition coefficient (Wildman–Crippen LogP) is 3.73. The Balaban J connectivity index is 2.38. The summed E-state index contributed by atoms with van der Waals surface area (Å²) in [4.78, 5) is 4.46. The van der Waals surface area contributed by atoms with Gasteiger partial charge in [0, 0.05) is 17.3 Å². The molecule has 0 saturated carbocycles. The second-order valence-corrected chi connectivity index (χ2v) is 4.91. The summed E-state index contributed by atoms with van der Waals surface area (Å²) in [7, 11) is 0. The first-order valence-electron chi connectivity index (χ1n) is 6.13. The van der Waals surface area contributed by atoms with E-state index in [0.717, 1.165) is 5.69 Å². The van der Waals surface area contributed by atoms with E-state index in [9.17, 15) is 0 Å². The van der Waals surface area contributed by atoms with E-state index in [1.807, 2.05) is 0 Å². The van der Waals surface area contributed by atoms with Crippen LogP contribution in [0.2, 0.25) is 0 Å². The molecule has 0 unspecified atom stereocenters. The van der Waals surface area contributed by atoms with Crippen LogP contribution in [-0.2, 0) is 12.8 Å². The van der Waals surface area contributed by atoms with Gasteiger partial charge in [-0.15, -0.1) is 0 Å². The molecule has 0 atom stereocenters. The Labute approximate surface area is 96.5 Å². The maximum atomic E-state index is 4.46. The molecule has 82 valence electrons. The molecular formula is C15H17N. The molecule has 1 aromatic heterocycles. The van der Waals surface area contributed by atoms with E-state index in [1.165, 1.54) is 42.0 Å². The minimum Gasteiger partial charge on any atom is -0.261 e. The number of hydrogen-bond donors (Lipinski definition) is 0. The summed E-state index contributed by atoms with van der Waals surface area (Å²) < 4.78 is 0. The number of hydrogen-bond acceptors (Lipinski definition) is 1. The van der Waals surface area contributed by atoms with Crippen molar-refractivity contribution in [3.05, 3.63) is 40.7 Å². The normalized spacial score (nSPS) is 15.1. The fraction of sp³-hybridized carbons (Fsp3) is 0.400. The summed E-state index contributed by atoms with van der Waals surface area (Å²) in [5.74, 6) is 0. The first kappa shape index (κ1) is 9.83. The van der Waals surface area contributed by atoms with Crippen LogP contribution in [0.25, 0.3) is 10.8 Å². The van der Waals surface area contributed by atoms with Crippen LogP contribution >= 0.6 is 0 Å². The van der Waals surface area contributed by atoms with Gasteiger partial charge in [-0.05, 0) is 67.7 Å². The van der Waals surface area contributed by atoms with Crippen molar-refractivity contribution in [3.8, 4) is 0 Å². The molecule has 0 N–H and O–H groups in total. The monoisotopic (exact) mass is 211 g/mol. The smallest absolute Gasteiger partial charge is 0.0379 e. The second-order valence-electron chi connectivity index (χ2n) is 4.91. The Hall–Kier alpha value is -1.37. The Morgan fingerprint density at radius 2 is 1.81 bits per heavy atom. The molecule has 1 heterocycles. The standard InChI is InChI=1S/C15H17N/c1-10-7-12-5-3-4-6-13(12)15-9-16-11(2)8-14(10)15/h7-9H,3-6H2,1-2H3. The highest BCUT2D eigenvalue weighted by atomic mass is 14.7. The summed E-state index contributed by atoms with van der Waals surface area (Å²) >= 11 is 0. The van der Waals surface area contributed by atoms with E-state index in [2.05, 4.69) is 37.2 Å². The lowest BCUT2D eigenvalue weighted by molar-refractivity contribution is 0.689. The number of pyridine rings is 1. The number of rotatable bonds is 0. The zero-order chi connectivity index (χ0) is 11.1. The third-order valence-corrected chi connectivity index (χ3v) is 3.69. The molecule has 1 nitrogen and oxygen atoms in total. The third-order valence-electron chi connectivity index (χ3n) is 3.69. The highest BCUT2D eigenvalue weighted by Crippen LogP contribution is 2.31. The lowest BCUT2D eigenvalue weighted by Gasteiger charge is -2.19. The van der Waals surface area contributed by atoms with Crippen molar-refractivity contribution in [3.63, 3.8) is 0 Å². The second kappa shape index (κ2) is 3.58. The summed E-state index contributed by atoms with van der Waals surface area (Å²) in [5.41, 5.74) is 5.63. The molecule has 0 saturated heterocycles. The van der Waals surface area contributed by atoms with Gasteiger partial charge in [0.05, 0.1) is 0 Å². The summed E-state index contributed by atoms with van der Waals surface area (Å²) in [6.07, 6.45) is 7.23. The van der Waals surface area contributed by atoms with Gasteiger partial charge < -0.3 is 0 Å². The number of nitrogens with zero attached hydrogens (tertiary/aromatic N) is 1. The molecule has 1 heteroatoms. The van der Waals surface area contributed by atoms with Crippen LogP contribution in [0.4, 0.5) is 0 Å². The lowest BCUT2D eigenvalue weighted by Crippen LogP contribution is -2.04. The van der Waals surface area contributed by atoms with Crippen LogP contribution in [0.1, 0.15) is 35.2 Å². The van der Waals surface area contributed by atoms with E-state index in [-0.39, 0.29) is 0 Å². The molecule has 2 aromatic rings. The Kier molecular flexibility index (Phi) is 2.20. The van der Waals surface area contributed by atoms with E-state index in [4.69, 9.17) is 0 Å². The van der Waals surface area contributed by atoms with Crippen LogP contribution in [0.3, 0.4) is 0 Å². The molecule has 1 aromatic carbocycles. The molecule has 1 aliphatic rings. The topological polar surface area (TPSA) is 12.9 Å². The average molecular weight is 211 g/mol. The zero-order valence-corrected chi connectivity index (χ0v) is 10.0. The first-order chi connectivity index (χ1) is 7.75. The van der Waals surface area contributed by atoms with Gasteiger partial charge in [-0.3, -0.25) is 4.98 Å². The molecule has 0 radical (unpaired) electrons. The number of benzene rings is 1. The summed E-state index contributed by atoms with van der Waals surface area (Å²) in [5, 5.41) is 2.79. The van der Waals surface area contributed by atoms with Crippen LogP contribution in [0.15, 0.2) is 18.3 Å². The van der Waals surface area contributed by atoms with Crippen molar-refractivity contribution >= 4 is 10.8 Å². The molecule has 1 aliphatic carbocycles. The summed E-state index contributed by atoms with van der Waals surface area (Å²) in [6.45, 7) is 4.29. The van der Waals surface area contributed by atoms with E-state index >= 15 is 0 Å². The van der Waals surface area contributed by atoms with Gasteiger partial charge in [0.15, 0.2) is 0 Å². The van der Waals surface area contributed by atoms with E-state index < -0.39 is 0 Å². The largest absolute Gasteiger partial charge is 0.261 e. The van der Waals surface area contributed by atoms with Crippen molar-refractivity contribution in [2.45, 2.75) is 39.5 Å². The van der Waals surface area contributed by atoms with Crippen LogP contribution < -0.4 is 0 Å². The van der Waals surface area contributed by atoms with Crippen molar-refractivity contribution in [2.24, 2.45) is 0 Å². The Bertz CT molecular complexity index is 555. The van der Waals surface area contributed by atoms with Gasteiger partial charge in [-0.2, -0.15) is 0 Å². The minimum atomic E-state index is 1.12. The number of fused-ring (bicyclic) bond motifs is 3. The highest BCUT2D eigenvalue weighted by molar-refractivity contribution is 5.89. The molecule has 16 heavy (non-hydrogen) atoms. The lowest BCUT2D eigenvalue weighted by atomic mass is 9.86. The minimum absolute atomic E-state index is 1.12. The van der Waals surface area contributed by atoms with Crippen molar-refractivity contribution in [1.82, 2.24) is 4.98 Å². The molecule has 0 bridgehead atoms. The maximum Gasteiger partial charge on any atom is 0.0379 e. The van der Waals surface area contributed by atoms with Gasteiger partial charge >= 0.3 is 0 Å². The van der Waals surface area contributed by atoms with Gasteiger partial charge in [-0.25, -0.2) is 0 Å². The quantitative estimate of drug-likeness (QED) is 0.647. The summed E-state index contributed by atoms with van der Waals surface area (Å²) in [6, 6.07) is 4.61. The third kappa shape index (κ3) is 1.42.